The zero-order valence-electron chi connectivity index (χ0n) is 38.3. The van der Waals surface area contributed by atoms with Crippen LogP contribution < -0.4 is 20.4 Å². The molecule has 6 aromatic rings. The van der Waals surface area contributed by atoms with Crippen LogP contribution in [0.3, 0.4) is 0 Å². The van der Waals surface area contributed by atoms with Gasteiger partial charge in [0.1, 0.15) is 11.6 Å². The Hall–Kier alpha value is -7.20. The number of alkyl halides is 2. The topological polar surface area (TPSA) is 174 Å². The van der Waals surface area contributed by atoms with Gasteiger partial charge in [0.25, 0.3) is 17.7 Å². The number of aromatic nitrogens is 5. The number of amides is 6. The predicted octanol–water partition coefficient (Wildman–Crippen LogP) is 5.67. The minimum Gasteiger partial charge on any atom is -0.370 e. The van der Waals surface area contributed by atoms with Crippen molar-refractivity contribution in [2.24, 2.45) is 12.5 Å². The van der Waals surface area contributed by atoms with Gasteiger partial charge >= 0.3 is 6.03 Å². The number of rotatable bonds is 10. The summed E-state index contributed by atoms with van der Waals surface area (Å²) in [6, 6.07) is 11.4. The van der Waals surface area contributed by atoms with Crippen LogP contribution in [0.5, 0.6) is 0 Å². The summed E-state index contributed by atoms with van der Waals surface area (Å²) in [6.07, 6.45) is 4.82. The van der Waals surface area contributed by atoms with Crippen molar-refractivity contribution >= 4 is 68.5 Å². The molecule has 12 rings (SSSR count). The molecule has 9 heterocycles. The molecule has 3 aromatic carbocycles. The number of piperidine rings is 1. The van der Waals surface area contributed by atoms with E-state index in [-0.39, 0.29) is 78.2 Å². The molecule has 0 radical (unpaired) electrons. The highest BCUT2D eigenvalue weighted by atomic mass is 32.1. The van der Waals surface area contributed by atoms with Crippen molar-refractivity contribution in [3.8, 4) is 11.1 Å². The van der Waals surface area contributed by atoms with Gasteiger partial charge in [-0.15, -0.1) is 11.3 Å². The number of carbonyl (C=O) groups is 5. The zero-order chi connectivity index (χ0) is 49.1. The molecule has 71 heavy (non-hydrogen) atoms. The van der Waals surface area contributed by atoms with Crippen molar-refractivity contribution in [1.82, 2.24) is 44.3 Å². The Kier molecular flexibility index (Phi) is 10.6. The van der Waals surface area contributed by atoms with Crippen molar-refractivity contribution in [2.75, 3.05) is 67.5 Å². The molecular formula is C49H46F4N12O5S. The second-order valence-corrected chi connectivity index (χ2v) is 20.5. The van der Waals surface area contributed by atoms with E-state index in [1.165, 1.54) is 42.9 Å². The van der Waals surface area contributed by atoms with Crippen LogP contribution in [0.4, 0.5) is 39.0 Å². The number of aryl methyl sites for hydroxylation is 2. The molecule has 6 aliphatic rings. The van der Waals surface area contributed by atoms with E-state index in [0.717, 1.165) is 30.4 Å². The van der Waals surface area contributed by atoms with Gasteiger partial charge in [0.2, 0.25) is 11.8 Å². The number of nitrogens with one attached hydrogen (secondary N) is 2. The smallest absolute Gasteiger partial charge is 0.329 e. The van der Waals surface area contributed by atoms with Crippen molar-refractivity contribution < 1.29 is 41.5 Å². The normalized spacial score (nSPS) is 20.8. The Labute approximate surface area is 407 Å². The van der Waals surface area contributed by atoms with Crippen LogP contribution in [0.15, 0.2) is 66.4 Å². The van der Waals surface area contributed by atoms with E-state index in [1.807, 2.05) is 28.8 Å². The van der Waals surface area contributed by atoms with Crippen LogP contribution in [-0.4, -0.2) is 127 Å². The number of urea groups is 1. The average Bonchev–Trinajstić information content (AvgIpc) is 4.16. The lowest BCUT2D eigenvalue weighted by atomic mass is 9.72. The lowest BCUT2D eigenvalue weighted by molar-refractivity contribution is -0.149. The van der Waals surface area contributed by atoms with Crippen LogP contribution in [0.25, 0.3) is 22.0 Å². The highest BCUT2D eigenvalue weighted by Gasteiger charge is 2.54. The number of fused-ring (bicyclic) bond motifs is 3. The zero-order valence-corrected chi connectivity index (χ0v) is 39.2. The van der Waals surface area contributed by atoms with Gasteiger partial charge in [0, 0.05) is 97.6 Å². The fourth-order valence-electron chi connectivity index (χ4n) is 11.4. The molecule has 22 heteroatoms. The van der Waals surface area contributed by atoms with Crippen molar-refractivity contribution in [3.63, 3.8) is 0 Å². The van der Waals surface area contributed by atoms with Crippen LogP contribution >= 0.6 is 11.3 Å². The third kappa shape index (κ3) is 7.69. The second kappa shape index (κ2) is 16.7. The molecule has 0 saturated carbocycles. The molecule has 6 amide bonds. The van der Waals surface area contributed by atoms with Gasteiger partial charge in [-0.3, -0.25) is 44.3 Å². The Balaban J connectivity index is 0.655. The number of hydrogen-bond donors (Lipinski definition) is 2. The average molecular weight is 991 g/mol. The number of thiazole rings is 1. The number of hydrogen-bond acceptors (Lipinski definition) is 11. The molecular weight excluding hydrogens is 945 g/mol. The summed E-state index contributed by atoms with van der Waals surface area (Å²) in [5.41, 5.74) is 4.01. The third-order valence-corrected chi connectivity index (χ3v) is 15.7. The first-order chi connectivity index (χ1) is 34.1. The van der Waals surface area contributed by atoms with E-state index >= 15 is 17.6 Å². The van der Waals surface area contributed by atoms with Gasteiger partial charge < -0.3 is 19.3 Å². The highest BCUT2D eigenvalue weighted by molar-refractivity contribution is 7.13. The molecule has 2 N–H and O–H groups in total. The van der Waals surface area contributed by atoms with Gasteiger partial charge in [-0.25, -0.2) is 32.3 Å². The molecule has 4 saturated heterocycles. The number of benzene rings is 3. The number of halogens is 4. The Morgan fingerprint density at radius 3 is 2.48 bits per heavy atom. The van der Waals surface area contributed by atoms with Gasteiger partial charge in [-0.05, 0) is 78.9 Å². The molecule has 1 unspecified atom stereocenters. The Bertz CT molecular complexity index is 3200. The summed E-state index contributed by atoms with van der Waals surface area (Å²) in [7, 11) is 1.57. The minimum atomic E-state index is -3.35. The number of anilines is 3. The first-order valence-electron chi connectivity index (χ1n) is 23.5. The van der Waals surface area contributed by atoms with E-state index in [2.05, 4.69) is 30.6 Å². The van der Waals surface area contributed by atoms with Gasteiger partial charge in [0.05, 0.1) is 43.1 Å². The summed E-state index contributed by atoms with van der Waals surface area (Å²) >= 11 is 1.25. The lowest BCUT2D eigenvalue weighted by Gasteiger charge is -2.61. The maximum Gasteiger partial charge on any atom is 0.329 e. The number of imidazole rings is 1. The number of carbonyl (C=O) groups excluding carboxylic acids is 5. The predicted molar refractivity (Wildman–Crippen MR) is 252 cm³/mol. The summed E-state index contributed by atoms with van der Waals surface area (Å²) in [5.74, 6) is -7.66. The van der Waals surface area contributed by atoms with E-state index in [4.69, 9.17) is 0 Å². The first kappa shape index (κ1) is 45.0. The van der Waals surface area contributed by atoms with Gasteiger partial charge in [-0.2, -0.15) is 5.10 Å². The Morgan fingerprint density at radius 1 is 0.930 bits per heavy atom. The van der Waals surface area contributed by atoms with E-state index in [1.54, 1.807) is 35.9 Å². The van der Waals surface area contributed by atoms with Crippen LogP contribution in [0.2, 0.25) is 0 Å². The van der Waals surface area contributed by atoms with E-state index < -0.39 is 59.8 Å². The molecule has 1 spiro atoms. The summed E-state index contributed by atoms with van der Waals surface area (Å²) in [4.78, 5) is 82.3. The van der Waals surface area contributed by atoms with Crippen LogP contribution in [-0.2, 0) is 40.9 Å². The monoisotopic (exact) mass is 990 g/mol. The molecule has 6 aliphatic heterocycles. The minimum absolute atomic E-state index is 0.0414. The molecule has 17 nitrogen and oxygen atoms in total. The Morgan fingerprint density at radius 2 is 1.73 bits per heavy atom. The third-order valence-electron chi connectivity index (χ3n) is 15.0. The van der Waals surface area contributed by atoms with Crippen molar-refractivity contribution in [3.05, 3.63) is 106 Å². The standard InChI is InChI=1S/C49H46F4N12O5S/c1-59-38-18-31(36(51)17-32(38)43(58-59)64-13-9-39(66)56-47(64)70)34-8-12-60(25-49(34,52)53)20-40(67)63-23-48(24-63)21-62(22-48)29-6-4-27(5-7-29)28-15-30-33(35(50)16-28)19-65(45(30)69)42(44(68)57-46-54-10-14-71-46)41-37-3-2-11-61(37)26-55-41/h4-7,10,14-18,26,34,42H,2-3,8-9,11-13,19-25H2,1H3,(H,54,57,68)(H,56,66,70)/t34-,42?/m1/s1. The fourth-order valence-corrected chi connectivity index (χ4v) is 12.0. The quantitative estimate of drug-likeness (QED) is 0.163. The van der Waals surface area contributed by atoms with Gasteiger partial charge in [0.15, 0.2) is 17.0 Å². The van der Waals surface area contributed by atoms with E-state index in [9.17, 15) is 24.0 Å². The fraction of sp³-hybridized carbons (Fsp3) is 0.388. The maximum absolute atomic E-state index is 16.0. The molecule has 0 aliphatic carbocycles. The summed E-state index contributed by atoms with van der Waals surface area (Å²) in [6.45, 7) is 2.36. The summed E-state index contributed by atoms with van der Waals surface area (Å²) in [5, 5.41) is 11.8. The number of imide groups is 1. The van der Waals surface area contributed by atoms with Crippen LogP contribution in [0, 0.1) is 17.0 Å². The highest BCUT2D eigenvalue weighted by Crippen LogP contribution is 2.46. The molecule has 4 fully saturated rings. The molecule has 2 atom stereocenters. The van der Waals surface area contributed by atoms with E-state index in [0.29, 0.717) is 60.1 Å². The summed E-state index contributed by atoms with van der Waals surface area (Å²) < 4.78 is 66.9. The number of likely N-dealkylation sites (tertiary alicyclic amines) is 2. The van der Waals surface area contributed by atoms with Crippen LogP contribution in [0.1, 0.15) is 64.1 Å². The molecule has 0 bridgehead atoms. The first-order valence-corrected chi connectivity index (χ1v) is 24.4. The number of nitrogens with zero attached hydrogens (tertiary/aromatic N) is 10. The SMILES string of the molecule is Cn1nc(N2CCC(=O)NC2=O)c2cc(F)c([C@H]3CCN(CC(=O)N4CC5(C4)CN(c4ccc(-c6cc(F)c7c(c6)C(=O)N(C(C(=O)Nc6nccs6)c6ncn8c6CCC8)C7)cc4)C5)CC3(F)F)cc21. The van der Waals surface area contributed by atoms with Crippen molar-refractivity contribution in [2.45, 2.75) is 56.7 Å². The largest absolute Gasteiger partial charge is 0.370 e. The maximum atomic E-state index is 16.0. The second-order valence-electron chi connectivity index (χ2n) is 19.6. The van der Waals surface area contributed by atoms with Gasteiger partial charge in [-0.1, -0.05) is 12.1 Å². The molecule has 3 aromatic heterocycles. The van der Waals surface area contributed by atoms with Crippen molar-refractivity contribution in [1.29, 1.82) is 0 Å². The lowest BCUT2D eigenvalue weighted by Crippen LogP contribution is -2.73. The molecule has 366 valence electrons.